The van der Waals surface area contributed by atoms with Crippen molar-refractivity contribution >= 4 is 76.1 Å². The van der Waals surface area contributed by atoms with Crippen molar-refractivity contribution in [3.8, 4) is 56.2 Å². The highest BCUT2D eigenvalue weighted by molar-refractivity contribution is 7.25. The van der Waals surface area contributed by atoms with E-state index in [0.29, 0.717) is 22.9 Å². The van der Waals surface area contributed by atoms with Crippen LogP contribution in [0.4, 0.5) is 0 Å². The van der Waals surface area contributed by atoms with Gasteiger partial charge in [0.2, 0.25) is 0 Å². The van der Waals surface area contributed by atoms with Crippen LogP contribution in [0.3, 0.4) is 0 Å². The highest BCUT2D eigenvalue weighted by Gasteiger charge is 2.20. The summed E-state index contributed by atoms with van der Waals surface area (Å²) in [5.74, 6) is 1.65. The molecule has 4 aromatic heterocycles. The van der Waals surface area contributed by atoms with Gasteiger partial charge in [-0.15, -0.1) is 11.3 Å². The van der Waals surface area contributed by atoms with Crippen molar-refractivity contribution in [2.75, 3.05) is 0 Å². The Morgan fingerprint density at radius 2 is 1.03 bits per heavy atom. The van der Waals surface area contributed by atoms with Crippen LogP contribution in [-0.2, 0) is 0 Å². The third kappa shape index (κ3) is 6.26. The molecule has 0 aliphatic rings. The Labute approximate surface area is 372 Å². The molecule has 0 atom stereocenters. The number of furan rings is 2. The Balaban J connectivity index is 1.05. The molecule has 12 aromatic rings. The zero-order chi connectivity index (χ0) is 42.7. The maximum atomic E-state index is 6.62. The predicted octanol–water partition coefficient (Wildman–Crippen LogP) is 14.4. The molecule has 0 aliphatic heterocycles. The lowest BCUT2D eigenvalue weighted by molar-refractivity contribution is 0.574. The molecule has 0 N–H and O–H groups in total. The van der Waals surface area contributed by atoms with Crippen molar-refractivity contribution in [1.82, 2.24) is 15.0 Å². The molecule has 64 heavy (non-hydrogen) atoms. The maximum Gasteiger partial charge on any atom is 0.164 e. The van der Waals surface area contributed by atoms with E-state index in [1.54, 1.807) is 0 Å². The van der Waals surface area contributed by atoms with Gasteiger partial charge in [0.05, 0.1) is 0 Å². The van der Waals surface area contributed by atoms with Crippen LogP contribution in [-0.4, -0.2) is 15.0 Å². The van der Waals surface area contributed by atoms with Gasteiger partial charge in [0.25, 0.3) is 0 Å². The number of hydrogen-bond acceptors (Lipinski definition) is 6. The number of thiophene rings is 1. The van der Waals surface area contributed by atoms with Crippen LogP contribution in [0.1, 0.15) is 12.7 Å². The van der Waals surface area contributed by atoms with Gasteiger partial charge in [-0.25, -0.2) is 15.0 Å². The Morgan fingerprint density at radius 1 is 0.469 bits per heavy atom. The maximum absolute atomic E-state index is 6.62. The molecule has 0 bridgehead atoms. The fourth-order valence-corrected chi connectivity index (χ4v) is 10.2. The fraction of sp³-hybridized carbons (Fsp3) is 0.0172. The summed E-state index contributed by atoms with van der Waals surface area (Å²) in [7, 11) is 0. The highest BCUT2D eigenvalue weighted by atomic mass is 32.1. The van der Waals surface area contributed by atoms with Gasteiger partial charge in [-0.05, 0) is 82.8 Å². The lowest BCUT2D eigenvalue weighted by Gasteiger charge is -2.10. The van der Waals surface area contributed by atoms with Gasteiger partial charge < -0.3 is 8.83 Å². The molecule has 302 valence electrons. The number of aromatic nitrogens is 3. The average molecular weight is 840 g/mol. The van der Waals surface area contributed by atoms with E-state index in [1.165, 1.54) is 20.2 Å². The summed E-state index contributed by atoms with van der Waals surface area (Å²) in [4.78, 5) is 15.3. The van der Waals surface area contributed by atoms with Gasteiger partial charge >= 0.3 is 0 Å². The van der Waals surface area contributed by atoms with Crippen LogP contribution in [0, 0.1) is 0 Å². The Kier molecular flexibility index (Phi) is 8.99. The smallest absolute Gasteiger partial charge is 0.164 e. The van der Waals surface area contributed by atoms with Crippen molar-refractivity contribution in [1.29, 1.82) is 0 Å². The van der Waals surface area contributed by atoms with Gasteiger partial charge in [-0.3, -0.25) is 0 Å². The van der Waals surface area contributed by atoms with Crippen LogP contribution >= 0.6 is 11.3 Å². The van der Waals surface area contributed by atoms with Gasteiger partial charge in [0, 0.05) is 58.2 Å². The number of fused-ring (bicyclic) bond motifs is 7. The summed E-state index contributed by atoms with van der Waals surface area (Å²) in [6.45, 7) is 6.33. The third-order valence-electron chi connectivity index (χ3n) is 12.1. The van der Waals surface area contributed by atoms with E-state index < -0.39 is 0 Å². The molecule has 5 nitrogen and oxygen atoms in total. The zero-order valence-electron chi connectivity index (χ0n) is 34.7. The summed E-state index contributed by atoms with van der Waals surface area (Å²) in [5.41, 5.74) is 12.3. The van der Waals surface area contributed by atoms with E-state index in [-0.39, 0.29) is 0 Å². The number of benzene rings is 8. The lowest BCUT2D eigenvalue weighted by Crippen LogP contribution is -2.24. The average Bonchev–Trinajstić information content (AvgIpc) is 4.06. The van der Waals surface area contributed by atoms with Crippen molar-refractivity contribution in [3.05, 3.63) is 211 Å². The molecule has 0 unspecified atom stereocenters. The predicted molar refractivity (Wildman–Crippen MR) is 265 cm³/mol. The first-order valence-electron chi connectivity index (χ1n) is 21.3. The Bertz CT molecular complexity index is 3920. The van der Waals surface area contributed by atoms with E-state index in [9.17, 15) is 0 Å². The van der Waals surface area contributed by atoms with E-state index >= 15 is 0 Å². The molecule has 0 radical (unpaired) electrons. The molecule has 0 aliphatic carbocycles. The molecule has 0 saturated heterocycles. The van der Waals surface area contributed by atoms with Gasteiger partial charge in [0.1, 0.15) is 22.2 Å². The quantitative estimate of drug-likeness (QED) is 0.160. The summed E-state index contributed by atoms with van der Waals surface area (Å²) < 4.78 is 15.8. The molecule has 8 aromatic carbocycles. The molecule has 6 heteroatoms. The van der Waals surface area contributed by atoms with E-state index in [4.69, 9.17) is 23.8 Å². The fourth-order valence-electron chi connectivity index (χ4n) is 9.10. The van der Waals surface area contributed by atoms with Gasteiger partial charge in [-0.2, -0.15) is 0 Å². The minimum atomic E-state index is 0.505. The first-order chi connectivity index (χ1) is 31.6. The van der Waals surface area contributed by atoms with Crippen LogP contribution in [0.2, 0.25) is 0 Å². The Hall–Kier alpha value is -8.19. The second-order valence-corrected chi connectivity index (χ2v) is 16.9. The molecule has 0 saturated carbocycles. The molecule has 12 rings (SSSR count). The van der Waals surface area contributed by atoms with E-state index in [1.807, 2.05) is 66.8 Å². The molecule has 0 spiro atoms. The van der Waals surface area contributed by atoms with Crippen molar-refractivity contribution in [3.63, 3.8) is 0 Å². The first kappa shape index (κ1) is 37.6. The normalized spacial score (nSPS) is 12.5. The second kappa shape index (κ2) is 15.3. The molecule has 4 heterocycles. The van der Waals surface area contributed by atoms with Crippen LogP contribution in [0.5, 0.6) is 0 Å². The first-order valence-corrected chi connectivity index (χ1v) is 22.1. The Morgan fingerprint density at radius 3 is 1.72 bits per heavy atom. The minimum absolute atomic E-state index is 0.505. The topological polar surface area (TPSA) is 65.0 Å². The molecule has 0 amide bonds. The standard InChI is InChI=1S/C58H37N3O2S/c1-3-41(58-60-56(37-17-9-6-10-18-37)59-57(61-58)38-27-25-36(26-28-38)35-15-7-5-8-16-35)53-46-33-39(30-32-48(46)62-47(53)4-2)42-20-13-22-49-54(42)55-43(21-14-23-50(55)63-49)40-29-31-45-44-19-11-12-24-51(44)64-52(45)34-40/h3-34H,1H2,2H3/b47-4+,53-41+. The van der Waals surface area contributed by atoms with Crippen LogP contribution in [0.15, 0.2) is 203 Å². The molecular weight excluding hydrogens is 803 g/mol. The highest BCUT2D eigenvalue weighted by Crippen LogP contribution is 2.43. The largest absolute Gasteiger partial charge is 0.456 e. The summed E-state index contributed by atoms with van der Waals surface area (Å²) in [6.07, 6.45) is 3.82. The van der Waals surface area contributed by atoms with Crippen molar-refractivity contribution < 1.29 is 8.83 Å². The SMILES string of the molecule is C=C/C(c1nc(-c2ccccc2)nc(-c2ccc(-c3ccccc3)cc2)n1)=c1\c(=C/C)oc2ccc(-c3cccc4oc5cccc(-c6ccc7c(c6)sc6ccccc67)c5c34)cc12. The number of rotatable bonds is 7. The van der Waals surface area contributed by atoms with Gasteiger partial charge in [0.15, 0.2) is 17.5 Å². The molecular formula is C58H37N3O2S. The van der Waals surface area contributed by atoms with E-state index in [2.05, 4.69) is 152 Å². The lowest BCUT2D eigenvalue weighted by atomic mass is 9.93. The van der Waals surface area contributed by atoms with E-state index in [0.717, 1.165) is 88.2 Å². The van der Waals surface area contributed by atoms with Crippen LogP contribution < -0.4 is 10.6 Å². The summed E-state index contributed by atoms with van der Waals surface area (Å²) >= 11 is 1.83. The monoisotopic (exact) mass is 839 g/mol. The zero-order valence-corrected chi connectivity index (χ0v) is 35.6. The van der Waals surface area contributed by atoms with Crippen molar-refractivity contribution in [2.45, 2.75) is 6.92 Å². The summed E-state index contributed by atoms with van der Waals surface area (Å²) in [5, 5.41) is 6.52. The van der Waals surface area contributed by atoms with Gasteiger partial charge in [-0.1, -0.05) is 158 Å². The summed E-state index contributed by atoms with van der Waals surface area (Å²) in [6, 6.07) is 63.3. The number of nitrogens with zero attached hydrogens (tertiary/aromatic N) is 3. The number of allylic oxidation sites excluding steroid dienone is 1. The number of hydrogen-bond donors (Lipinski definition) is 0. The van der Waals surface area contributed by atoms with Crippen molar-refractivity contribution in [2.24, 2.45) is 0 Å². The minimum Gasteiger partial charge on any atom is -0.456 e. The second-order valence-electron chi connectivity index (χ2n) is 15.8. The van der Waals surface area contributed by atoms with Crippen LogP contribution in [0.25, 0.3) is 121 Å². The third-order valence-corrected chi connectivity index (χ3v) is 13.3. The molecule has 0 fully saturated rings.